The van der Waals surface area contributed by atoms with Gasteiger partial charge in [-0.05, 0) is 23.5 Å². The normalized spacial score (nSPS) is 15.3. The molecule has 0 radical (unpaired) electrons. The van der Waals surface area contributed by atoms with E-state index in [0.29, 0.717) is 0 Å². The van der Waals surface area contributed by atoms with Gasteiger partial charge in [-0.15, -0.1) is 0 Å². The number of hydrogen-bond donors (Lipinski definition) is 1. The Bertz CT molecular complexity index is 751. The van der Waals surface area contributed by atoms with Crippen molar-refractivity contribution >= 4 is 12.1 Å². The second kappa shape index (κ2) is 8.96. The summed E-state index contributed by atoms with van der Waals surface area (Å²) in [5.41, 5.74) is 1.57. The van der Waals surface area contributed by atoms with Crippen LogP contribution in [0.4, 0.5) is 0 Å². The average Bonchev–Trinajstić information content (AvgIpc) is 2.66. The van der Waals surface area contributed by atoms with E-state index in [4.69, 9.17) is 0 Å². The molecule has 4 nitrogen and oxygen atoms in total. The van der Waals surface area contributed by atoms with Crippen molar-refractivity contribution in [3.05, 3.63) is 71.8 Å². The molecular formula is C23H30N2O2. The van der Waals surface area contributed by atoms with Gasteiger partial charge in [-0.2, -0.15) is 0 Å². The summed E-state index contributed by atoms with van der Waals surface area (Å²) < 4.78 is 0. The number of carbonyl (C=O) groups is 1. The first-order chi connectivity index (χ1) is 12.7. The molecule has 0 fully saturated rings. The van der Waals surface area contributed by atoms with Crippen LogP contribution in [0.15, 0.2) is 65.7 Å². The third-order valence-corrected chi connectivity index (χ3v) is 4.39. The van der Waals surface area contributed by atoms with Crippen LogP contribution in [0.5, 0.6) is 0 Å². The van der Waals surface area contributed by atoms with Crippen LogP contribution < -0.4 is 0 Å². The lowest BCUT2D eigenvalue weighted by Crippen LogP contribution is -2.39. The summed E-state index contributed by atoms with van der Waals surface area (Å²) in [6.45, 7) is 7.92. The zero-order chi connectivity index (χ0) is 20.0. The molecule has 0 aliphatic heterocycles. The molecule has 1 N–H and O–H groups in total. The van der Waals surface area contributed by atoms with E-state index in [1.807, 2.05) is 87.6 Å². The van der Waals surface area contributed by atoms with Crippen LogP contribution >= 0.6 is 0 Å². The van der Waals surface area contributed by atoms with Gasteiger partial charge in [-0.1, -0.05) is 81.4 Å². The van der Waals surface area contributed by atoms with Gasteiger partial charge in [0.15, 0.2) is 0 Å². The van der Waals surface area contributed by atoms with Crippen LogP contribution in [-0.4, -0.2) is 35.2 Å². The zero-order valence-electron chi connectivity index (χ0n) is 16.8. The van der Waals surface area contributed by atoms with Crippen LogP contribution in [0.2, 0.25) is 0 Å². The van der Waals surface area contributed by atoms with Crippen molar-refractivity contribution < 1.29 is 9.90 Å². The van der Waals surface area contributed by atoms with Gasteiger partial charge in [-0.25, -0.2) is 0 Å². The minimum atomic E-state index is -0.832. The fraction of sp³-hybridized carbons (Fsp3) is 0.391. The second-order valence-electron chi connectivity index (χ2n) is 7.98. The van der Waals surface area contributed by atoms with E-state index < -0.39 is 18.2 Å². The molecule has 0 aromatic heterocycles. The van der Waals surface area contributed by atoms with Gasteiger partial charge >= 0.3 is 0 Å². The molecule has 2 aromatic rings. The summed E-state index contributed by atoms with van der Waals surface area (Å²) in [6.07, 6.45) is 0.982. The number of aliphatic hydroxyl groups excluding tert-OH is 1. The number of likely N-dealkylation sites (N-methyl/N-ethyl adjacent to an activating group) is 1. The summed E-state index contributed by atoms with van der Waals surface area (Å²) in [4.78, 5) is 19.0. The van der Waals surface area contributed by atoms with Crippen molar-refractivity contribution in [2.45, 2.75) is 45.9 Å². The monoisotopic (exact) mass is 366 g/mol. The molecule has 0 bridgehead atoms. The molecule has 0 saturated heterocycles. The number of nitrogens with zero attached hydrogens (tertiary/aromatic N) is 2. The number of aliphatic hydroxyl groups is 1. The summed E-state index contributed by atoms with van der Waals surface area (Å²) in [5.74, 6) is -0.126. The van der Waals surface area contributed by atoms with Crippen LogP contribution in [-0.2, 0) is 4.79 Å². The van der Waals surface area contributed by atoms with E-state index in [-0.39, 0.29) is 11.3 Å². The standard InChI is InChI=1S/C23H30N2O2/c1-17(24-16-23(2,3)4)22(27)25(5)20(18-12-8-6-9-13-18)21(26)19-14-10-7-11-15-19/h6-17,20-21,26H,1-5H3/t17-,20+,21+/m1/s1. The Morgan fingerprint density at radius 1 is 1.00 bits per heavy atom. The maximum absolute atomic E-state index is 13.0. The Kier molecular flexibility index (Phi) is 6.92. The second-order valence-corrected chi connectivity index (χ2v) is 7.98. The first-order valence-electron chi connectivity index (χ1n) is 9.29. The van der Waals surface area contributed by atoms with Gasteiger partial charge in [-0.3, -0.25) is 9.79 Å². The molecule has 27 heavy (non-hydrogen) atoms. The lowest BCUT2D eigenvalue weighted by molar-refractivity contribution is -0.135. The van der Waals surface area contributed by atoms with Crippen molar-refractivity contribution in [1.82, 2.24) is 4.90 Å². The van der Waals surface area contributed by atoms with E-state index in [9.17, 15) is 9.90 Å². The van der Waals surface area contributed by atoms with Gasteiger partial charge in [0.1, 0.15) is 12.1 Å². The van der Waals surface area contributed by atoms with Gasteiger partial charge in [0, 0.05) is 13.3 Å². The largest absolute Gasteiger partial charge is 0.386 e. The van der Waals surface area contributed by atoms with Crippen LogP contribution in [0, 0.1) is 5.41 Å². The quantitative estimate of drug-likeness (QED) is 0.769. The van der Waals surface area contributed by atoms with Crippen molar-refractivity contribution in [2.24, 2.45) is 10.4 Å². The molecule has 2 aromatic carbocycles. The van der Waals surface area contributed by atoms with Gasteiger partial charge in [0.2, 0.25) is 5.91 Å². The smallest absolute Gasteiger partial charge is 0.247 e. The number of rotatable bonds is 6. The molecule has 1 amide bonds. The van der Waals surface area contributed by atoms with Gasteiger partial charge in [0.25, 0.3) is 0 Å². The number of hydrogen-bond acceptors (Lipinski definition) is 3. The van der Waals surface area contributed by atoms with Crippen molar-refractivity contribution in [2.75, 3.05) is 7.05 Å². The van der Waals surface area contributed by atoms with E-state index in [2.05, 4.69) is 4.99 Å². The molecule has 0 saturated carbocycles. The third kappa shape index (κ3) is 5.76. The molecule has 0 unspecified atom stereocenters. The zero-order valence-corrected chi connectivity index (χ0v) is 16.8. The highest BCUT2D eigenvalue weighted by molar-refractivity contribution is 5.83. The minimum absolute atomic E-state index is 0.0878. The Balaban J connectivity index is 2.33. The van der Waals surface area contributed by atoms with Crippen molar-refractivity contribution in [3.8, 4) is 0 Å². The highest BCUT2D eigenvalue weighted by Gasteiger charge is 2.31. The summed E-state index contributed by atoms with van der Waals surface area (Å²) in [5, 5.41) is 11.1. The lowest BCUT2D eigenvalue weighted by Gasteiger charge is -2.33. The fourth-order valence-electron chi connectivity index (χ4n) is 2.93. The Hall–Kier alpha value is -2.46. The van der Waals surface area contributed by atoms with E-state index >= 15 is 0 Å². The SMILES string of the molecule is C[C@@H](N=CC(C)(C)C)C(=O)N(C)[C@@H](c1ccccc1)[C@@H](O)c1ccccc1. The maximum atomic E-state index is 13.0. The highest BCUT2D eigenvalue weighted by atomic mass is 16.3. The molecule has 144 valence electrons. The maximum Gasteiger partial charge on any atom is 0.247 e. The number of carbonyl (C=O) groups excluding carboxylic acids is 1. The molecular weight excluding hydrogens is 336 g/mol. The van der Waals surface area contributed by atoms with Crippen LogP contribution in [0.25, 0.3) is 0 Å². The third-order valence-electron chi connectivity index (χ3n) is 4.39. The number of amides is 1. The van der Waals surface area contributed by atoms with Gasteiger partial charge < -0.3 is 10.0 Å². The number of aliphatic imine (C=N–C) groups is 1. The summed E-state index contributed by atoms with van der Waals surface area (Å²) in [7, 11) is 1.73. The number of benzene rings is 2. The first-order valence-corrected chi connectivity index (χ1v) is 9.29. The van der Waals surface area contributed by atoms with E-state index in [1.165, 1.54) is 0 Å². The van der Waals surface area contributed by atoms with Crippen molar-refractivity contribution in [3.63, 3.8) is 0 Å². The first kappa shape index (κ1) is 20.8. The molecule has 4 heteroatoms. The molecule has 0 aliphatic carbocycles. The summed E-state index contributed by atoms with van der Waals surface area (Å²) in [6, 6.07) is 18.1. The van der Waals surface area contributed by atoms with Crippen LogP contribution in [0.3, 0.4) is 0 Å². The lowest BCUT2D eigenvalue weighted by atomic mass is 9.94. The van der Waals surface area contributed by atoms with Crippen molar-refractivity contribution in [1.29, 1.82) is 0 Å². The summed E-state index contributed by atoms with van der Waals surface area (Å²) >= 11 is 0. The Morgan fingerprint density at radius 2 is 1.48 bits per heavy atom. The van der Waals surface area contributed by atoms with Crippen LogP contribution in [0.1, 0.15) is 51.0 Å². The molecule has 0 spiro atoms. The topological polar surface area (TPSA) is 52.9 Å². The average molecular weight is 367 g/mol. The Labute approximate surface area is 162 Å². The van der Waals surface area contributed by atoms with Gasteiger partial charge in [0.05, 0.1) is 6.04 Å². The molecule has 0 aliphatic rings. The minimum Gasteiger partial charge on any atom is -0.386 e. The molecule has 2 rings (SSSR count). The Morgan fingerprint density at radius 3 is 1.96 bits per heavy atom. The predicted molar refractivity (Wildman–Crippen MR) is 111 cm³/mol. The molecule has 0 heterocycles. The molecule has 3 atom stereocenters. The van der Waals surface area contributed by atoms with E-state index in [0.717, 1.165) is 11.1 Å². The fourth-order valence-corrected chi connectivity index (χ4v) is 2.93. The predicted octanol–water partition coefficient (Wildman–Crippen LogP) is 4.43. The highest BCUT2D eigenvalue weighted by Crippen LogP contribution is 2.33. The van der Waals surface area contributed by atoms with E-state index in [1.54, 1.807) is 18.9 Å².